The summed E-state index contributed by atoms with van der Waals surface area (Å²) in [7, 11) is 2.18. The Morgan fingerprint density at radius 1 is 1.35 bits per heavy atom. The van der Waals surface area contributed by atoms with Crippen LogP contribution in [0, 0.1) is 5.92 Å². The van der Waals surface area contributed by atoms with E-state index < -0.39 is 0 Å². The van der Waals surface area contributed by atoms with Crippen molar-refractivity contribution in [1.82, 2.24) is 15.5 Å². The van der Waals surface area contributed by atoms with Crippen LogP contribution in [0.1, 0.15) is 26.7 Å². The number of hydrogen-bond acceptors (Lipinski definition) is 3. The summed E-state index contributed by atoms with van der Waals surface area (Å²) in [6.45, 7) is 10.9. The first kappa shape index (κ1) is 19.9. The monoisotopic (exact) mass is 398 g/mol. The molecule has 0 aliphatic carbocycles. The van der Waals surface area contributed by atoms with Gasteiger partial charge in [-0.2, -0.15) is 0 Å². The maximum Gasteiger partial charge on any atom is 0.191 e. The van der Waals surface area contributed by atoms with Crippen molar-refractivity contribution in [3.63, 3.8) is 0 Å². The molecule has 1 rings (SSSR count). The average molecular weight is 398 g/mol. The first-order chi connectivity index (χ1) is 9.26. The molecule has 6 heteroatoms. The van der Waals surface area contributed by atoms with Crippen LogP contribution < -0.4 is 10.6 Å². The topological polar surface area (TPSA) is 48.9 Å². The predicted molar refractivity (Wildman–Crippen MR) is 96.1 cm³/mol. The summed E-state index contributed by atoms with van der Waals surface area (Å²) in [4.78, 5) is 7.05. The van der Waals surface area contributed by atoms with Gasteiger partial charge in [-0.3, -0.25) is 4.99 Å². The average Bonchev–Trinajstić information content (AvgIpc) is 2.81. The molecular weight excluding hydrogens is 367 g/mol. The van der Waals surface area contributed by atoms with E-state index in [1.807, 2.05) is 6.92 Å². The minimum Gasteiger partial charge on any atom is -0.382 e. The molecule has 0 aromatic carbocycles. The summed E-state index contributed by atoms with van der Waals surface area (Å²) in [6, 6.07) is 0. The third kappa shape index (κ3) is 8.97. The number of halogens is 1. The Labute approximate surface area is 140 Å². The molecule has 0 saturated carbocycles. The fourth-order valence-corrected chi connectivity index (χ4v) is 2.26. The van der Waals surface area contributed by atoms with Crippen molar-refractivity contribution in [3.8, 4) is 0 Å². The van der Waals surface area contributed by atoms with Crippen LogP contribution in [0.5, 0.6) is 0 Å². The second-order valence-electron chi connectivity index (χ2n) is 5.11. The van der Waals surface area contributed by atoms with Gasteiger partial charge >= 0.3 is 0 Å². The maximum absolute atomic E-state index is 5.32. The molecular formula is C14H31IN4O. The molecule has 1 saturated heterocycles. The van der Waals surface area contributed by atoms with Crippen molar-refractivity contribution in [1.29, 1.82) is 0 Å². The van der Waals surface area contributed by atoms with Crippen LogP contribution in [0.2, 0.25) is 0 Å². The lowest BCUT2D eigenvalue weighted by atomic mass is 10.1. The Bertz CT molecular complexity index is 264. The van der Waals surface area contributed by atoms with Crippen molar-refractivity contribution in [2.75, 3.05) is 53.0 Å². The molecule has 1 fully saturated rings. The Morgan fingerprint density at radius 2 is 2.15 bits per heavy atom. The largest absolute Gasteiger partial charge is 0.382 e. The third-order valence-corrected chi connectivity index (χ3v) is 3.30. The predicted octanol–water partition coefficient (Wildman–Crippen LogP) is 1.54. The van der Waals surface area contributed by atoms with E-state index >= 15 is 0 Å². The molecule has 2 N–H and O–H groups in total. The van der Waals surface area contributed by atoms with E-state index in [0.717, 1.165) is 45.2 Å². The van der Waals surface area contributed by atoms with Gasteiger partial charge in [0.25, 0.3) is 0 Å². The number of guanidine groups is 1. The number of likely N-dealkylation sites (tertiary alicyclic amines) is 1. The molecule has 0 aromatic rings. The molecule has 1 aliphatic heterocycles. The minimum absolute atomic E-state index is 0. The van der Waals surface area contributed by atoms with Gasteiger partial charge < -0.3 is 20.3 Å². The Balaban J connectivity index is 0.00000361. The number of nitrogens with one attached hydrogen (secondary N) is 2. The third-order valence-electron chi connectivity index (χ3n) is 3.30. The summed E-state index contributed by atoms with van der Waals surface area (Å²) in [5.74, 6) is 1.65. The van der Waals surface area contributed by atoms with E-state index in [0.29, 0.717) is 5.92 Å². The zero-order valence-corrected chi connectivity index (χ0v) is 15.5. The molecule has 120 valence electrons. The zero-order chi connectivity index (χ0) is 13.9. The van der Waals surface area contributed by atoms with Crippen molar-refractivity contribution in [3.05, 3.63) is 0 Å². The van der Waals surface area contributed by atoms with Crippen LogP contribution in [0.15, 0.2) is 4.99 Å². The molecule has 1 aliphatic rings. The summed E-state index contributed by atoms with van der Waals surface area (Å²) in [5, 5.41) is 6.65. The van der Waals surface area contributed by atoms with E-state index in [4.69, 9.17) is 4.74 Å². The highest BCUT2D eigenvalue weighted by molar-refractivity contribution is 14.0. The van der Waals surface area contributed by atoms with Gasteiger partial charge in [0, 0.05) is 39.4 Å². The van der Waals surface area contributed by atoms with E-state index in [9.17, 15) is 0 Å². The van der Waals surface area contributed by atoms with Crippen LogP contribution in [0.4, 0.5) is 0 Å². The van der Waals surface area contributed by atoms with Gasteiger partial charge in [-0.15, -0.1) is 24.0 Å². The Hall–Kier alpha value is -0.0800. The van der Waals surface area contributed by atoms with Crippen molar-refractivity contribution in [2.24, 2.45) is 10.9 Å². The Morgan fingerprint density at radius 3 is 2.75 bits per heavy atom. The fourth-order valence-electron chi connectivity index (χ4n) is 2.26. The fraction of sp³-hybridized carbons (Fsp3) is 0.929. The Kier molecular flexibility index (Phi) is 12.6. The quantitative estimate of drug-likeness (QED) is 0.282. The lowest BCUT2D eigenvalue weighted by molar-refractivity contribution is 0.145. The van der Waals surface area contributed by atoms with Crippen LogP contribution in [-0.2, 0) is 4.74 Å². The van der Waals surface area contributed by atoms with Crippen LogP contribution in [-0.4, -0.2) is 63.8 Å². The maximum atomic E-state index is 5.32. The van der Waals surface area contributed by atoms with E-state index in [2.05, 4.69) is 34.5 Å². The van der Waals surface area contributed by atoms with Crippen molar-refractivity contribution in [2.45, 2.75) is 26.7 Å². The van der Waals surface area contributed by atoms with Gasteiger partial charge in [0.05, 0.1) is 0 Å². The lowest BCUT2D eigenvalue weighted by Gasteiger charge is -2.13. The summed E-state index contributed by atoms with van der Waals surface area (Å²) in [6.07, 6.45) is 2.29. The minimum atomic E-state index is 0. The normalized spacial score (nSPS) is 19.8. The molecule has 0 radical (unpaired) electrons. The zero-order valence-electron chi connectivity index (χ0n) is 13.2. The highest BCUT2D eigenvalue weighted by atomic mass is 127. The first-order valence-corrected chi connectivity index (χ1v) is 7.54. The molecule has 0 aromatic heterocycles. The summed E-state index contributed by atoms with van der Waals surface area (Å²) in [5.41, 5.74) is 0. The first-order valence-electron chi connectivity index (χ1n) is 7.54. The molecule has 0 amide bonds. The van der Waals surface area contributed by atoms with Gasteiger partial charge in [-0.05, 0) is 46.2 Å². The molecule has 1 unspecified atom stereocenters. The lowest BCUT2D eigenvalue weighted by Crippen LogP contribution is -2.38. The number of nitrogens with zero attached hydrogens (tertiary/aromatic N) is 2. The highest BCUT2D eigenvalue weighted by Gasteiger charge is 2.18. The summed E-state index contributed by atoms with van der Waals surface area (Å²) >= 11 is 0. The van der Waals surface area contributed by atoms with E-state index in [-0.39, 0.29) is 24.0 Å². The molecule has 0 spiro atoms. The molecule has 20 heavy (non-hydrogen) atoms. The smallest absolute Gasteiger partial charge is 0.191 e. The second-order valence-corrected chi connectivity index (χ2v) is 5.11. The van der Waals surface area contributed by atoms with Crippen molar-refractivity contribution >= 4 is 29.9 Å². The number of aliphatic imine (C=N–C) groups is 1. The van der Waals surface area contributed by atoms with Crippen LogP contribution in [0.3, 0.4) is 0 Å². The van der Waals surface area contributed by atoms with Gasteiger partial charge in [-0.1, -0.05) is 0 Å². The number of hydrogen-bond donors (Lipinski definition) is 2. The van der Waals surface area contributed by atoms with E-state index in [1.165, 1.54) is 19.5 Å². The number of rotatable bonds is 8. The van der Waals surface area contributed by atoms with Gasteiger partial charge in [0.2, 0.25) is 0 Å². The van der Waals surface area contributed by atoms with E-state index in [1.54, 1.807) is 0 Å². The highest BCUT2D eigenvalue weighted by Crippen LogP contribution is 2.13. The molecule has 5 nitrogen and oxygen atoms in total. The standard InChI is InChI=1S/C14H30N4O.HI/c1-4-15-14(16-8-6-10-19-5-2)17-11-13-7-9-18(3)12-13;/h13H,4-12H2,1-3H3,(H2,15,16,17);1H. The number of ether oxygens (including phenoxy) is 1. The van der Waals surface area contributed by atoms with Crippen molar-refractivity contribution < 1.29 is 4.74 Å². The molecule has 0 bridgehead atoms. The van der Waals surface area contributed by atoms with Gasteiger partial charge in [0.1, 0.15) is 0 Å². The van der Waals surface area contributed by atoms with Gasteiger partial charge in [-0.25, -0.2) is 0 Å². The van der Waals surface area contributed by atoms with Crippen LogP contribution >= 0.6 is 24.0 Å². The van der Waals surface area contributed by atoms with Gasteiger partial charge in [0.15, 0.2) is 5.96 Å². The van der Waals surface area contributed by atoms with Crippen LogP contribution in [0.25, 0.3) is 0 Å². The summed E-state index contributed by atoms with van der Waals surface area (Å²) < 4.78 is 5.32. The molecule has 1 heterocycles. The second kappa shape index (κ2) is 12.6. The SMILES string of the molecule is CCNC(=NCC1CCN(C)C1)NCCCOCC.I. The molecule has 1 atom stereocenters.